The number of rotatable bonds is 1. The van der Waals surface area contributed by atoms with Gasteiger partial charge in [0.25, 0.3) is 0 Å². The molecule has 0 atom stereocenters. The zero-order valence-corrected chi connectivity index (χ0v) is 9.66. The van der Waals surface area contributed by atoms with Crippen molar-refractivity contribution in [1.82, 2.24) is 0 Å². The highest BCUT2D eigenvalue weighted by Crippen LogP contribution is 2.41. The summed E-state index contributed by atoms with van der Waals surface area (Å²) < 4.78 is 0. The second-order valence-electron chi connectivity index (χ2n) is 4.44. The van der Waals surface area contributed by atoms with E-state index in [1.54, 1.807) is 0 Å². The van der Waals surface area contributed by atoms with Crippen LogP contribution in [0.5, 0.6) is 0 Å². The molecule has 0 saturated carbocycles. The first-order chi connectivity index (χ1) is 6.63. The third-order valence-electron chi connectivity index (χ3n) is 2.95. The maximum absolute atomic E-state index is 3.82. The van der Waals surface area contributed by atoms with Crippen LogP contribution in [0.15, 0.2) is 29.7 Å². The lowest BCUT2D eigenvalue weighted by molar-refractivity contribution is 0.494. The molecule has 1 heterocycles. The van der Waals surface area contributed by atoms with Gasteiger partial charge in [-0.15, -0.1) is 11.8 Å². The highest BCUT2D eigenvalue weighted by Gasteiger charge is 2.27. The van der Waals surface area contributed by atoms with Gasteiger partial charge in [0.05, 0.1) is 0 Å². The van der Waals surface area contributed by atoms with Gasteiger partial charge in [-0.1, -0.05) is 38.6 Å². The molecule has 0 fully saturated rings. The summed E-state index contributed by atoms with van der Waals surface area (Å²) in [6.45, 7) is 8.48. The SMILES string of the molecule is C=Cc1ccc2c(c1)C(C)(C)CCS2. The first kappa shape index (κ1) is 9.85. The highest BCUT2D eigenvalue weighted by molar-refractivity contribution is 7.99. The Labute approximate surface area is 90.4 Å². The van der Waals surface area contributed by atoms with Gasteiger partial charge in [0.2, 0.25) is 0 Å². The van der Waals surface area contributed by atoms with Gasteiger partial charge in [-0.25, -0.2) is 0 Å². The fraction of sp³-hybridized carbons (Fsp3) is 0.385. The summed E-state index contributed by atoms with van der Waals surface area (Å²) in [7, 11) is 0. The zero-order valence-electron chi connectivity index (χ0n) is 8.84. The van der Waals surface area contributed by atoms with Gasteiger partial charge >= 0.3 is 0 Å². The van der Waals surface area contributed by atoms with Crippen LogP contribution in [0.3, 0.4) is 0 Å². The quantitative estimate of drug-likeness (QED) is 0.663. The number of benzene rings is 1. The van der Waals surface area contributed by atoms with Gasteiger partial charge in [-0.3, -0.25) is 0 Å². The Morgan fingerprint density at radius 2 is 2.21 bits per heavy atom. The molecule has 74 valence electrons. The standard InChI is InChI=1S/C13H16S/c1-4-10-5-6-12-11(9-10)13(2,3)7-8-14-12/h4-6,9H,1,7-8H2,2-3H3. The summed E-state index contributed by atoms with van der Waals surface area (Å²) in [4.78, 5) is 1.45. The molecule has 14 heavy (non-hydrogen) atoms. The molecule has 1 aliphatic heterocycles. The summed E-state index contributed by atoms with van der Waals surface area (Å²) in [6.07, 6.45) is 3.20. The molecule has 0 N–H and O–H groups in total. The summed E-state index contributed by atoms with van der Waals surface area (Å²) in [5, 5.41) is 0. The maximum Gasteiger partial charge on any atom is 0.0110 e. The Bertz CT molecular complexity index is 363. The normalized spacial score (nSPS) is 18.7. The molecule has 1 aromatic rings. The van der Waals surface area contributed by atoms with Crippen molar-refractivity contribution in [3.63, 3.8) is 0 Å². The van der Waals surface area contributed by atoms with Crippen LogP contribution in [0.2, 0.25) is 0 Å². The molecule has 0 unspecified atom stereocenters. The van der Waals surface area contributed by atoms with Crippen molar-refractivity contribution >= 4 is 17.8 Å². The van der Waals surface area contributed by atoms with E-state index in [9.17, 15) is 0 Å². The topological polar surface area (TPSA) is 0 Å². The molecule has 2 rings (SSSR count). The summed E-state index contributed by atoms with van der Waals surface area (Å²) in [5.41, 5.74) is 3.06. The second-order valence-corrected chi connectivity index (χ2v) is 5.58. The molecule has 0 amide bonds. The highest BCUT2D eigenvalue weighted by atomic mass is 32.2. The van der Waals surface area contributed by atoms with Gasteiger partial charge in [0, 0.05) is 4.90 Å². The smallest absolute Gasteiger partial charge is 0.0110 e. The summed E-state index contributed by atoms with van der Waals surface area (Å²) in [6, 6.07) is 6.67. The van der Waals surface area contributed by atoms with E-state index in [-0.39, 0.29) is 0 Å². The third kappa shape index (κ3) is 1.61. The van der Waals surface area contributed by atoms with Crippen molar-refractivity contribution in [3.05, 3.63) is 35.9 Å². The largest absolute Gasteiger partial charge is 0.126 e. The van der Waals surface area contributed by atoms with Crippen LogP contribution in [0.1, 0.15) is 31.4 Å². The molecule has 0 spiro atoms. The van der Waals surface area contributed by atoms with E-state index in [0.29, 0.717) is 5.41 Å². The minimum Gasteiger partial charge on any atom is -0.126 e. The number of hydrogen-bond donors (Lipinski definition) is 0. The van der Waals surface area contributed by atoms with Crippen molar-refractivity contribution in [2.45, 2.75) is 30.6 Å². The minimum absolute atomic E-state index is 0.333. The molecule has 0 saturated heterocycles. The van der Waals surface area contributed by atoms with Gasteiger partial charge in [-0.05, 0) is 34.8 Å². The fourth-order valence-electron chi connectivity index (χ4n) is 1.88. The van der Waals surface area contributed by atoms with E-state index in [4.69, 9.17) is 0 Å². The lowest BCUT2D eigenvalue weighted by atomic mass is 9.81. The molecule has 1 aliphatic rings. The Hall–Kier alpha value is -0.690. The maximum atomic E-state index is 3.82. The number of thioether (sulfide) groups is 1. The molecule has 0 aromatic heterocycles. The number of hydrogen-bond acceptors (Lipinski definition) is 1. The molecule has 1 aromatic carbocycles. The molecule has 0 bridgehead atoms. The summed E-state index contributed by atoms with van der Waals surface area (Å²) in [5.74, 6) is 1.24. The van der Waals surface area contributed by atoms with E-state index in [0.717, 1.165) is 0 Å². The third-order valence-corrected chi connectivity index (χ3v) is 4.03. The van der Waals surface area contributed by atoms with Crippen molar-refractivity contribution in [1.29, 1.82) is 0 Å². The predicted molar refractivity (Wildman–Crippen MR) is 64.9 cm³/mol. The van der Waals surface area contributed by atoms with Crippen LogP contribution in [0.25, 0.3) is 6.08 Å². The Kier molecular flexibility index (Phi) is 2.44. The molecular formula is C13H16S. The summed E-state index contributed by atoms with van der Waals surface area (Å²) >= 11 is 1.98. The van der Waals surface area contributed by atoms with E-state index >= 15 is 0 Å². The van der Waals surface area contributed by atoms with E-state index in [1.165, 1.54) is 28.2 Å². The van der Waals surface area contributed by atoms with Gasteiger partial charge in [-0.2, -0.15) is 0 Å². The van der Waals surface area contributed by atoms with Crippen LogP contribution in [0.4, 0.5) is 0 Å². The van der Waals surface area contributed by atoms with Crippen LogP contribution in [-0.4, -0.2) is 5.75 Å². The van der Waals surface area contributed by atoms with E-state index in [1.807, 2.05) is 17.8 Å². The lowest BCUT2D eigenvalue weighted by Gasteiger charge is -2.32. The first-order valence-corrected chi connectivity index (χ1v) is 6.02. The van der Waals surface area contributed by atoms with Crippen molar-refractivity contribution < 1.29 is 0 Å². The monoisotopic (exact) mass is 204 g/mol. The molecule has 0 radical (unpaired) electrons. The second kappa shape index (κ2) is 3.47. The van der Waals surface area contributed by atoms with Gasteiger partial charge in [0.1, 0.15) is 0 Å². The van der Waals surface area contributed by atoms with Gasteiger partial charge < -0.3 is 0 Å². The Morgan fingerprint density at radius 1 is 1.43 bits per heavy atom. The molecule has 1 heteroatoms. The van der Waals surface area contributed by atoms with Crippen molar-refractivity contribution in [3.8, 4) is 0 Å². The zero-order chi connectivity index (χ0) is 10.2. The molecular weight excluding hydrogens is 188 g/mol. The Balaban J connectivity index is 2.54. The molecule has 0 nitrogen and oxygen atoms in total. The predicted octanol–water partition coefficient (Wildman–Crippen LogP) is 4.10. The van der Waals surface area contributed by atoms with Crippen LogP contribution in [0, 0.1) is 0 Å². The average Bonchev–Trinajstić information content (AvgIpc) is 2.17. The van der Waals surface area contributed by atoms with Gasteiger partial charge in [0.15, 0.2) is 0 Å². The van der Waals surface area contributed by atoms with Crippen LogP contribution < -0.4 is 0 Å². The fourth-order valence-corrected chi connectivity index (χ4v) is 3.37. The minimum atomic E-state index is 0.333. The first-order valence-electron chi connectivity index (χ1n) is 5.03. The molecule has 0 aliphatic carbocycles. The van der Waals surface area contributed by atoms with Crippen LogP contribution >= 0.6 is 11.8 Å². The number of fused-ring (bicyclic) bond motifs is 1. The van der Waals surface area contributed by atoms with E-state index < -0.39 is 0 Å². The van der Waals surface area contributed by atoms with E-state index in [2.05, 4.69) is 38.6 Å². The van der Waals surface area contributed by atoms with Crippen LogP contribution in [-0.2, 0) is 5.41 Å². The Morgan fingerprint density at radius 3 is 2.93 bits per heavy atom. The van der Waals surface area contributed by atoms with Crippen molar-refractivity contribution in [2.24, 2.45) is 0 Å². The average molecular weight is 204 g/mol. The van der Waals surface area contributed by atoms with Crippen molar-refractivity contribution in [2.75, 3.05) is 5.75 Å². The lowest BCUT2D eigenvalue weighted by Crippen LogP contribution is -2.22.